The third kappa shape index (κ3) is 3.70. The highest BCUT2D eigenvalue weighted by Crippen LogP contribution is 2.16. The minimum absolute atomic E-state index is 0.0654. The lowest BCUT2D eigenvalue weighted by Gasteiger charge is -2.24. The van der Waals surface area contributed by atoms with E-state index in [4.69, 9.17) is 9.72 Å². The summed E-state index contributed by atoms with van der Waals surface area (Å²) in [5.41, 5.74) is 2.20. The van der Waals surface area contributed by atoms with Gasteiger partial charge >= 0.3 is 0 Å². The van der Waals surface area contributed by atoms with E-state index >= 15 is 0 Å². The Morgan fingerprint density at radius 2 is 1.86 bits per heavy atom. The molecule has 0 N–H and O–H groups in total. The van der Waals surface area contributed by atoms with E-state index in [1.54, 1.807) is 4.57 Å². The normalized spacial score (nSPS) is 14.6. The second-order valence-electron chi connectivity index (χ2n) is 6.75. The lowest BCUT2D eigenvalue weighted by molar-refractivity contribution is 0.0443. The van der Waals surface area contributed by atoms with Gasteiger partial charge in [0.25, 0.3) is 5.56 Å². The number of aromatic nitrogens is 2. The summed E-state index contributed by atoms with van der Waals surface area (Å²) in [6.07, 6.45) is 0.674. The number of nitrogens with zero attached hydrogens (tertiary/aromatic N) is 3. The van der Waals surface area contributed by atoms with E-state index in [1.165, 1.54) is 0 Å². The minimum Gasteiger partial charge on any atom is -0.379 e. The van der Waals surface area contributed by atoms with Gasteiger partial charge in [-0.1, -0.05) is 43.0 Å². The minimum atomic E-state index is -0.0654. The third-order valence-corrected chi connectivity index (χ3v) is 4.93. The van der Waals surface area contributed by atoms with Crippen LogP contribution in [-0.4, -0.2) is 47.3 Å². The Kier molecular flexibility index (Phi) is 5.52. The smallest absolute Gasteiger partial charge is 0.267 e. The standard InChI is InChI=1S/C23H23N3O2/c1-2-21-24-20-12-6-8-18(9-7-13-25-14-16-28-17-15-25)22(20)23(27)26(21)19-10-4-3-5-11-19/h3-6,8,10-12H,2,13-17H2,1H3. The molecule has 0 saturated carbocycles. The van der Waals surface area contributed by atoms with Gasteiger partial charge in [0, 0.05) is 25.1 Å². The zero-order chi connectivity index (χ0) is 19.3. The van der Waals surface area contributed by atoms with Crippen molar-refractivity contribution in [2.75, 3.05) is 32.8 Å². The van der Waals surface area contributed by atoms with Crippen LogP contribution in [0.15, 0.2) is 53.3 Å². The number of para-hydroxylation sites is 1. The summed E-state index contributed by atoms with van der Waals surface area (Å²) in [6, 6.07) is 15.4. The van der Waals surface area contributed by atoms with E-state index in [-0.39, 0.29) is 5.56 Å². The molecular weight excluding hydrogens is 350 g/mol. The summed E-state index contributed by atoms with van der Waals surface area (Å²) in [6.45, 7) is 5.98. The van der Waals surface area contributed by atoms with Crippen molar-refractivity contribution in [1.29, 1.82) is 0 Å². The topological polar surface area (TPSA) is 47.4 Å². The maximum absolute atomic E-state index is 13.4. The summed E-state index contributed by atoms with van der Waals surface area (Å²) >= 11 is 0. The van der Waals surface area contributed by atoms with Gasteiger partial charge < -0.3 is 4.74 Å². The first kappa shape index (κ1) is 18.4. The first-order chi connectivity index (χ1) is 13.8. The van der Waals surface area contributed by atoms with E-state index < -0.39 is 0 Å². The first-order valence-corrected chi connectivity index (χ1v) is 9.67. The fourth-order valence-electron chi connectivity index (χ4n) is 3.47. The Labute approximate surface area is 164 Å². The largest absolute Gasteiger partial charge is 0.379 e. The molecule has 5 nitrogen and oxygen atoms in total. The molecule has 0 spiro atoms. The van der Waals surface area contributed by atoms with Crippen molar-refractivity contribution in [2.45, 2.75) is 13.3 Å². The predicted molar refractivity (Wildman–Crippen MR) is 111 cm³/mol. The summed E-state index contributed by atoms with van der Waals surface area (Å²) in [5.74, 6) is 7.18. The second kappa shape index (κ2) is 8.39. The van der Waals surface area contributed by atoms with Gasteiger partial charge in [0.15, 0.2) is 0 Å². The number of morpholine rings is 1. The Morgan fingerprint density at radius 3 is 2.61 bits per heavy atom. The molecule has 2 aromatic carbocycles. The van der Waals surface area contributed by atoms with Gasteiger partial charge in [0.2, 0.25) is 0 Å². The highest BCUT2D eigenvalue weighted by atomic mass is 16.5. The van der Waals surface area contributed by atoms with Crippen molar-refractivity contribution in [1.82, 2.24) is 14.5 Å². The van der Waals surface area contributed by atoms with Crippen LogP contribution < -0.4 is 5.56 Å². The van der Waals surface area contributed by atoms with E-state index in [2.05, 4.69) is 16.7 Å². The number of hydrogen-bond acceptors (Lipinski definition) is 4. The molecule has 1 aliphatic rings. The Hall–Kier alpha value is -2.94. The number of benzene rings is 2. The van der Waals surface area contributed by atoms with Gasteiger partial charge in [0.05, 0.1) is 36.3 Å². The number of aryl methyl sites for hydroxylation is 1. The Morgan fingerprint density at radius 1 is 1.07 bits per heavy atom. The van der Waals surface area contributed by atoms with Gasteiger partial charge in [-0.3, -0.25) is 14.3 Å². The van der Waals surface area contributed by atoms with Crippen molar-refractivity contribution in [3.63, 3.8) is 0 Å². The molecule has 4 rings (SSSR count). The van der Waals surface area contributed by atoms with E-state index in [0.29, 0.717) is 23.9 Å². The molecule has 1 aromatic heterocycles. The van der Waals surface area contributed by atoms with Crippen LogP contribution in [0.5, 0.6) is 0 Å². The van der Waals surface area contributed by atoms with Crippen LogP contribution in [0.3, 0.4) is 0 Å². The third-order valence-electron chi connectivity index (χ3n) is 4.93. The van der Waals surface area contributed by atoms with Crippen LogP contribution >= 0.6 is 0 Å². The lowest BCUT2D eigenvalue weighted by Crippen LogP contribution is -2.36. The van der Waals surface area contributed by atoms with Gasteiger partial charge in [-0.15, -0.1) is 0 Å². The predicted octanol–water partition coefficient (Wildman–Crippen LogP) is 2.63. The molecule has 2 heterocycles. The van der Waals surface area contributed by atoms with Crippen LogP contribution in [-0.2, 0) is 11.2 Å². The Bertz CT molecular complexity index is 1090. The van der Waals surface area contributed by atoms with Crippen molar-refractivity contribution in [2.24, 2.45) is 0 Å². The molecule has 0 radical (unpaired) electrons. The van der Waals surface area contributed by atoms with Gasteiger partial charge in [-0.2, -0.15) is 0 Å². The molecule has 0 unspecified atom stereocenters. The van der Waals surface area contributed by atoms with Crippen molar-refractivity contribution in [3.05, 3.63) is 70.3 Å². The monoisotopic (exact) mass is 373 g/mol. The molecule has 28 heavy (non-hydrogen) atoms. The zero-order valence-electron chi connectivity index (χ0n) is 16.0. The van der Waals surface area contributed by atoms with Crippen LogP contribution in [0.25, 0.3) is 16.6 Å². The second-order valence-corrected chi connectivity index (χ2v) is 6.75. The molecule has 1 saturated heterocycles. The number of rotatable bonds is 3. The highest BCUT2D eigenvalue weighted by Gasteiger charge is 2.14. The summed E-state index contributed by atoms with van der Waals surface area (Å²) in [5, 5.41) is 0.582. The van der Waals surface area contributed by atoms with Crippen molar-refractivity contribution >= 4 is 10.9 Å². The maximum Gasteiger partial charge on any atom is 0.267 e. The molecule has 0 atom stereocenters. The average molecular weight is 373 g/mol. The van der Waals surface area contributed by atoms with Crippen LogP contribution in [0.4, 0.5) is 0 Å². The van der Waals surface area contributed by atoms with Crippen LogP contribution in [0.2, 0.25) is 0 Å². The summed E-state index contributed by atoms with van der Waals surface area (Å²) < 4.78 is 7.08. The molecule has 1 fully saturated rings. The van der Waals surface area contributed by atoms with Gasteiger partial charge in [-0.05, 0) is 24.3 Å². The summed E-state index contributed by atoms with van der Waals surface area (Å²) in [4.78, 5) is 20.4. The molecule has 0 amide bonds. The molecule has 0 bridgehead atoms. The average Bonchev–Trinajstić information content (AvgIpc) is 2.75. The Balaban J connectivity index is 1.80. The number of fused-ring (bicyclic) bond motifs is 1. The van der Waals surface area contributed by atoms with Crippen LogP contribution in [0, 0.1) is 11.8 Å². The van der Waals surface area contributed by atoms with E-state index in [1.807, 2.05) is 55.5 Å². The zero-order valence-corrected chi connectivity index (χ0v) is 16.0. The number of hydrogen-bond donors (Lipinski definition) is 0. The molecule has 0 aliphatic carbocycles. The fourth-order valence-corrected chi connectivity index (χ4v) is 3.47. The van der Waals surface area contributed by atoms with Gasteiger partial charge in [-0.25, -0.2) is 4.98 Å². The molecule has 3 aromatic rings. The SMILES string of the molecule is CCc1nc2cccc(C#CCN3CCOCC3)c2c(=O)n1-c1ccccc1. The van der Waals surface area contributed by atoms with Crippen LogP contribution in [0.1, 0.15) is 18.3 Å². The van der Waals surface area contributed by atoms with E-state index in [0.717, 1.165) is 43.4 Å². The number of ether oxygens (including phenoxy) is 1. The molecule has 1 aliphatic heterocycles. The van der Waals surface area contributed by atoms with Crippen molar-refractivity contribution < 1.29 is 4.74 Å². The van der Waals surface area contributed by atoms with Gasteiger partial charge in [0.1, 0.15) is 5.82 Å². The molecular formula is C23H23N3O2. The maximum atomic E-state index is 13.4. The highest BCUT2D eigenvalue weighted by molar-refractivity contribution is 5.84. The first-order valence-electron chi connectivity index (χ1n) is 9.67. The fraction of sp³-hybridized carbons (Fsp3) is 0.304. The molecule has 5 heteroatoms. The van der Waals surface area contributed by atoms with E-state index in [9.17, 15) is 4.79 Å². The van der Waals surface area contributed by atoms with Crippen molar-refractivity contribution in [3.8, 4) is 17.5 Å². The molecule has 142 valence electrons. The lowest BCUT2D eigenvalue weighted by atomic mass is 10.1. The quantitative estimate of drug-likeness (QED) is 0.662. The summed E-state index contributed by atoms with van der Waals surface area (Å²) in [7, 11) is 0.